The van der Waals surface area contributed by atoms with Gasteiger partial charge >= 0.3 is 0 Å². The van der Waals surface area contributed by atoms with Gasteiger partial charge in [-0.05, 0) is 31.4 Å². The fraction of sp³-hybridized carbons (Fsp3) is 0.571. The van der Waals surface area contributed by atoms with E-state index in [1.54, 1.807) is 0 Å². The number of unbranched alkanes of at least 4 members (excludes halogenated alkanes) is 3. The average Bonchev–Trinajstić information content (AvgIpc) is 2.29. The van der Waals surface area contributed by atoms with Gasteiger partial charge in [-0.2, -0.15) is 0 Å². The zero-order valence-electron chi connectivity index (χ0n) is 10.4. The number of aryl methyl sites for hydroxylation is 1. The van der Waals surface area contributed by atoms with Gasteiger partial charge in [-0.1, -0.05) is 31.0 Å². The molecule has 0 unspecified atom stereocenters. The fourth-order valence-electron chi connectivity index (χ4n) is 1.93. The molecule has 90 valence electrons. The second-order valence-electron chi connectivity index (χ2n) is 4.35. The lowest BCUT2D eigenvalue weighted by Crippen LogP contribution is -2.19. The number of benzene rings is 1. The van der Waals surface area contributed by atoms with Gasteiger partial charge in [-0.25, -0.2) is 0 Å². The van der Waals surface area contributed by atoms with Crippen molar-refractivity contribution in [3.8, 4) is 0 Å². The van der Waals surface area contributed by atoms with Gasteiger partial charge in [0.15, 0.2) is 0 Å². The van der Waals surface area contributed by atoms with E-state index in [9.17, 15) is 0 Å². The number of rotatable bonds is 7. The summed E-state index contributed by atoms with van der Waals surface area (Å²) in [6.07, 6.45) is 4.48. The predicted octanol–water partition coefficient (Wildman–Crippen LogP) is 2.98. The van der Waals surface area contributed by atoms with Crippen LogP contribution in [-0.2, 0) is 0 Å². The third kappa shape index (κ3) is 4.23. The SMILES string of the molecule is Cc1ccccc1N(C)CCCCCCO. The van der Waals surface area contributed by atoms with Crippen molar-refractivity contribution in [2.75, 3.05) is 25.1 Å². The first-order valence-corrected chi connectivity index (χ1v) is 6.13. The van der Waals surface area contributed by atoms with Crippen molar-refractivity contribution in [1.29, 1.82) is 0 Å². The van der Waals surface area contributed by atoms with Crippen LogP contribution < -0.4 is 4.90 Å². The lowest BCUT2D eigenvalue weighted by molar-refractivity contribution is 0.282. The van der Waals surface area contributed by atoms with Crippen LogP contribution in [0.25, 0.3) is 0 Å². The molecule has 0 aliphatic carbocycles. The van der Waals surface area contributed by atoms with Crippen molar-refractivity contribution in [3.63, 3.8) is 0 Å². The highest BCUT2D eigenvalue weighted by Crippen LogP contribution is 2.18. The summed E-state index contributed by atoms with van der Waals surface area (Å²) in [6.45, 7) is 3.57. The van der Waals surface area contributed by atoms with Crippen molar-refractivity contribution < 1.29 is 5.11 Å². The number of para-hydroxylation sites is 1. The molecule has 0 aromatic heterocycles. The zero-order valence-corrected chi connectivity index (χ0v) is 10.4. The maximum atomic E-state index is 8.68. The zero-order chi connectivity index (χ0) is 11.8. The van der Waals surface area contributed by atoms with E-state index in [4.69, 9.17) is 5.11 Å². The monoisotopic (exact) mass is 221 g/mol. The van der Waals surface area contributed by atoms with Gasteiger partial charge in [-0.3, -0.25) is 0 Å². The van der Waals surface area contributed by atoms with Crippen LogP contribution in [0, 0.1) is 6.92 Å². The van der Waals surface area contributed by atoms with E-state index in [0.29, 0.717) is 6.61 Å². The molecule has 0 saturated carbocycles. The van der Waals surface area contributed by atoms with Crippen molar-refractivity contribution in [2.24, 2.45) is 0 Å². The molecular formula is C14H23NO. The molecule has 0 atom stereocenters. The van der Waals surface area contributed by atoms with E-state index in [2.05, 4.69) is 43.1 Å². The summed E-state index contributed by atoms with van der Waals surface area (Å²) in [7, 11) is 2.15. The minimum Gasteiger partial charge on any atom is -0.396 e. The lowest BCUT2D eigenvalue weighted by atomic mass is 10.1. The molecule has 16 heavy (non-hydrogen) atoms. The van der Waals surface area contributed by atoms with E-state index in [0.717, 1.165) is 19.4 Å². The summed E-state index contributed by atoms with van der Waals surface area (Å²) in [5, 5.41) is 8.68. The van der Waals surface area contributed by atoms with Gasteiger partial charge in [0.05, 0.1) is 0 Å². The Kier molecular flexibility index (Phi) is 5.94. The summed E-state index contributed by atoms with van der Waals surface area (Å²) in [6, 6.07) is 8.49. The Morgan fingerprint density at radius 3 is 2.44 bits per heavy atom. The Balaban J connectivity index is 2.30. The standard InChI is InChI=1S/C14H23NO/c1-13-9-5-6-10-14(13)15(2)11-7-3-4-8-12-16/h5-6,9-10,16H,3-4,7-8,11-12H2,1-2H3. The van der Waals surface area contributed by atoms with E-state index in [1.807, 2.05) is 0 Å². The number of anilines is 1. The van der Waals surface area contributed by atoms with Crippen LogP contribution in [0.15, 0.2) is 24.3 Å². The molecule has 0 bridgehead atoms. The van der Waals surface area contributed by atoms with Crippen LogP contribution in [0.1, 0.15) is 31.2 Å². The van der Waals surface area contributed by atoms with E-state index in [-0.39, 0.29) is 0 Å². The maximum Gasteiger partial charge on any atom is 0.0431 e. The van der Waals surface area contributed by atoms with Crippen molar-refractivity contribution in [3.05, 3.63) is 29.8 Å². The quantitative estimate of drug-likeness (QED) is 0.715. The normalized spacial score (nSPS) is 10.4. The molecule has 2 nitrogen and oxygen atoms in total. The molecule has 1 rings (SSSR count). The maximum absolute atomic E-state index is 8.68. The Bertz CT molecular complexity index is 299. The topological polar surface area (TPSA) is 23.5 Å². The van der Waals surface area contributed by atoms with Crippen molar-refractivity contribution in [2.45, 2.75) is 32.6 Å². The summed E-state index contributed by atoms with van der Waals surface area (Å²) >= 11 is 0. The first-order valence-electron chi connectivity index (χ1n) is 6.13. The second-order valence-corrected chi connectivity index (χ2v) is 4.35. The van der Waals surface area contributed by atoms with Gasteiger partial charge in [0.1, 0.15) is 0 Å². The number of aliphatic hydroxyl groups is 1. The van der Waals surface area contributed by atoms with Gasteiger partial charge in [0, 0.05) is 25.9 Å². The van der Waals surface area contributed by atoms with Gasteiger partial charge in [0.25, 0.3) is 0 Å². The minimum absolute atomic E-state index is 0.327. The van der Waals surface area contributed by atoms with Gasteiger partial charge in [0.2, 0.25) is 0 Å². The summed E-state index contributed by atoms with van der Waals surface area (Å²) in [5.74, 6) is 0. The predicted molar refractivity (Wildman–Crippen MR) is 70.0 cm³/mol. The molecule has 0 saturated heterocycles. The highest BCUT2D eigenvalue weighted by molar-refractivity contribution is 5.52. The average molecular weight is 221 g/mol. The number of hydrogen-bond acceptors (Lipinski definition) is 2. The van der Waals surface area contributed by atoms with Gasteiger partial charge in [-0.15, -0.1) is 0 Å². The molecule has 1 N–H and O–H groups in total. The number of aliphatic hydroxyl groups excluding tert-OH is 1. The first-order chi connectivity index (χ1) is 7.75. The molecule has 0 heterocycles. The van der Waals surface area contributed by atoms with Crippen LogP contribution in [0.4, 0.5) is 5.69 Å². The third-order valence-electron chi connectivity index (χ3n) is 2.93. The Labute approximate surface area is 98.9 Å². The Morgan fingerprint density at radius 1 is 1.06 bits per heavy atom. The molecule has 1 aromatic carbocycles. The molecule has 0 spiro atoms. The molecule has 0 aliphatic heterocycles. The summed E-state index contributed by atoms with van der Waals surface area (Å²) in [4.78, 5) is 2.31. The molecule has 0 fully saturated rings. The van der Waals surface area contributed by atoms with E-state index < -0.39 is 0 Å². The highest BCUT2D eigenvalue weighted by Gasteiger charge is 2.02. The van der Waals surface area contributed by atoms with E-state index >= 15 is 0 Å². The lowest BCUT2D eigenvalue weighted by Gasteiger charge is -2.21. The minimum atomic E-state index is 0.327. The smallest absolute Gasteiger partial charge is 0.0431 e. The third-order valence-corrected chi connectivity index (χ3v) is 2.93. The van der Waals surface area contributed by atoms with Crippen LogP contribution in [0.3, 0.4) is 0 Å². The van der Waals surface area contributed by atoms with Crippen LogP contribution in [-0.4, -0.2) is 25.3 Å². The Hall–Kier alpha value is -1.02. The highest BCUT2D eigenvalue weighted by atomic mass is 16.2. The first kappa shape index (κ1) is 13.0. The molecule has 0 radical (unpaired) electrons. The molecule has 0 aliphatic rings. The largest absolute Gasteiger partial charge is 0.396 e. The Morgan fingerprint density at radius 2 is 1.75 bits per heavy atom. The second kappa shape index (κ2) is 7.29. The van der Waals surface area contributed by atoms with Crippen LogP contribution >= 0.6 is 0 Å². The van der Waals surface area contributed by atoms with Crippen molar-refractivity contribution >= 4 is 5.69 Å². The number of nitrogens with zero attached hydrogens (tertiary/aromatic N) is 1. The molecule has 1 aromatic rings. The molecular weight excluding hydrogens is 198 g/mol. The van der Waals surface area contributed by atoms with Crippen LogP contribution in [0.5, 0.6) is 0 Å². The molecule has 2 heteroatoms. The summed E-state index contributed by atoms with van der Waals surface area (Å²) < 4.78 is 0. The van der Waals surface area contributed by atoms with Crippen molar-refractivity contribution in [1.82, 2.24) is 0 Å². The van der Waals surface area contributed by atoms with Crippen LogP contribution in [0.2, 0.25) is 0 Å². The fourth-order valence-corrected chi connectivity index (χ4v) is 1.93. The van der Waals surface area contributed by atoms with E-state index in [1.165, 1.54) is 24.1 Å². The van der Waals surface area contributed by atoms with Gasteiger partial charge < -0.3 is 10.0 Å². The summed E-state index contributed by atoms with van der Waals surface area (Å²) in [5.41, 5.74) is 2.66. The number of hydrogen-bond donors (Lipinski definition) is 1. The molecule has 0 amide bonds.